The van der Waals surface area contributed by atoms with Gasteiger partial charge in [0.2, 0.25) is 0 Å². The highest BCUT2D eigenvalue weighted by Crippen LogP contribution is 2.13. The third-order valence-corrected chi connectivity index (χ3v) is 2.88. The van der Waals surface area contributed by atoms with E-state index >= 15 is 0 Å². The first kappa shape index (κ1) is 11.5. The number of rotatable bonds is 3. The maximum atomic E-state index is 9.65. The smallest absolute Gasteiger partial charge is 0.113 e. The molecule has 4 heteroatoms. The molecular formula is C13H16N2O2. The minimum absolute atomic E-state index is 0.476. The second-order valence-corrected chi connectivity index (χ2v) is 4.10. The molecule has 2 rings (SSSR count). The molecule has 17 heavy (non-hydrogen) atoms. The van der Waals surface area contributed by atoms with Crippen LogP contribution >= 0.6 is 0 Å². The van der Waals surface area contributed by atoms with Gasteiger partial charge in [-0.25, -0.2) is 0 Å². The lowest BCUT2D eigenvalue weighted by molar-refractivity contribution is 0.197. The third kappa shape index (κ3) is 2.25. The zero-order chi connectivity index (χ0) is 12.3. The van der Waals surface area contributed by atoms with Crippen molar-refractivity contribution in [1.82, 2.24) is 4.73 Å². The average Bonchev–Trinajstić information content (AvgIpc) is 2.37. The molecule has 2 aromatic rings. The third-order valence-electron chi connectivity index (χ3n) is 2.88. The highest BCUT2D eigenvalue weighted by molar-refractivity contribution is 5.79. The van der Waals surface area contributed by atoms with Crippen LogP contribution in [0, 0.1) is 0 Å². The maximum absolute atomic E-state index is 9.65. The first-order valence-corrected chi connectivity index (χ1v) is 5.78. The number of pyridine rings is 1. The van der Waals surface area contributed by atoms with Gasteiger partial charge in [0.1, 0.15) is 5.36 Å². The molecule has 2 N–H and O–H groups in total. The highest BCUT2D eigenvalue weighted by atomic mass is 16.5. The summed E-state index contributed by atoms with van der Waals surface area (Å²) >= 11 is 0. The summed E-state index contributed by atoms with van der Waals surface area (Å²) in [5.74, 6) is 0. The predicted molar refractivity (Wildman–Crippen MR) is 65.1 cm³/mol. The quantitative estimate of drug-likeness (QED) is 0.485. The second kappa shape index (κ2) is 4.91. The van der Waals surface area contributed by atoms with E-state index in [9.17, 15) is 5.21 Å². The Balaban J connectivity index is 2.59. The Kier molecular flexibility index (Phi) is 3.32. The molecule has 0 bridgehead atoms. The molecule has 0 saturated carbocycles. The van der Waals surface area contributed by atoms with Crippen LogP contribution in [0.5, 0.6) is 0 Å². The Labute approximate surface area is 99.4 Å². The first-order valence-electron chi connectivity index (χ1n) is 5.78. The van der Waals surface area contributed by atoms with Gasteiger partial charge in [-0.3, -0.25) is 0 Å². The van der Waals surface area contributed by atoms with Gasteiger partial charge < -0.3 is 10.4 Å². The molecule has 0 saturated heterocycles. The van der Waals surface area contributed by atoms with Crippen molar-refractivity contribution in [2.45, 2.75) is 26.2 Å². The summed E-state index contributed by atoms with van der Waals surface area (Å²) in [6, 6.07) is 7.37. The number of nitrogens with zero attached hydrogens (tertiary/aromatic N) is 2. The number of aromatic nitrogens is 1. The molecular weight excluding hydrogens is 216 g/mol. The van der Waals surface area contributed by atoms with Crippen molar-refractivity contribution in [3.63, 3.8) is 0 Å². The largest absolute Gasteiger partial charge is 0.428 e. The predicted octanol–water partition coefficient (Wildman–Crippen LogP) is 2.51. The molecule has 0 aliphatic carbocycles. The van der Waals surface area contributed by atoms with Gasteiger partial charge in [-0.1, -0.05) is 24.6 Å². The SMILES string of the molecule is CCCCc1ccc2c(c1)/c(=N/O)ccn2O. The number of benzene rings is 1. The van der Waals surface area contributed by atoms with Crippen molar-refractivity contribution in [1.29, 1.82) is 0 Å². The van der Waals surface area contributed by atoms with Crippen LogP contribution in [-0.4, -0.2) is 15.1 Å². The summed E-state index contributed by atoms with van der Waals surface area (Å²) in [5, 5.41) is 23.0. The highest BCUT2D eigenvalue weighted by Gasteiger charge is 2.02. The van der Waals surface area contributed by atoms with Gasteiger partial charge in [-0.05, 0) is 36.6 Å². The normalized spacial score (nSPS) is 12.2. The lowest BCUT2D eigenvalue weighted by Crippen LogP contribution is -2.08. The van der Waals surface area contributed by atoms with E-state index < -0.39 is 0 Å². The monoisotopic (exact) mass is 232 g/mol. The van der Waals surface area contributed by atoms with E-state index in [4.69, 9.17) is 5.21 Å². The molecule has 1 aromatic carbocycles. The number of unbranched alkanes of at least 4 members (excludes halogenated alkanes) is 1. The van der Waals surface area contributed by atoms with Crippen LogP contribution in [0.2, 0.25) is 0 Å². The summed E-state index contributed by atoms with van der Waals surface area (Å²) in [6.45, 7) is 2.15. The zero-order valence-electron chi connectivity index (χ0n) is 9.80. The van der Waals surface area contributed by atoms with Crippen molar-refractivity contribution in [3.05, 3.63) is 41.4 Å². The van der Waals surface area contributed by atoms with Gasteiger partial charge in [-0.2, -0.15) is 4.73 Å². The molecule has 0 radical (unpaired) electrons. The minimum atomic E-state index is 0.476. The van der Waals surface area contributed by atoms with Gasteiger partial charge in [0, 0.05) is 11.6 Å². The van der Waals surface area contributed by atoms with Crippen LogP contribution in [0.25, 0.3) is 10.9 Å². The van der Waals surface area contributed by atoms with E-state index in [1.165, 1.54) is 11.8 Å². The minimum Gasteiger partial charge on any atom is -0.428 e. The van der Waals surface area contributed by atoms with Gasteiger partial charge in [-0.15, -0.1) is 0 Å². The van der Waals surface area contributed by atoms with Gasteiger partial charge in [0.15, 0.2) is 0 Å². The van der Waals surface area contributed by atoms with Crippen LogP contribution < -0.4 is 5.36 Å². The van der Waals surface area contributed by atoms with Crippen molar-refractivity contribution in [2.24, 2.45) is 5.16 Å². The van der Waals surface area contributed by atoms with Crippen LogP contribution in [0.1, 0.15) is 25.3 Å². The van der Waals surface area contributed by atoms with E-state index in [1.54, 1.807) is 6.07 Å². The Morgan fingerprint density at radius 2 is 2.12 bits per heavy atom. The van der Waals surface area contributed by atoms with E-state index in [0.29, 0.717) is 10.9 Å². The fourth-order valence-corrected chi connectivity index (χ4v) is 1.92. The average molecular weight is 232 g/mol. The molecule has 0 aliphatic rings. The maximum Gasteiger partial charge on any atom is 0.113 e. The van der Waals surface area contributed by atoms with E-state index in [-0.39, 0.29) is 0 Å². The topological polar surface area (TPSA) is 57.8 Å². The van der Waals surface area contributed by atoms with Crippen molar-refractivity contribution >= 4 is 10.9 Å². The molecule has 0 unspecified atom stereocenters. The summed E-state index contributed by atoms with van der Waals surface area (Å²) in [6.07, 6.45) is 4.73. The summed E-state index contributed by atoms with van der Waals surface area (Å²) < 4.78 is 1.04. The number of fused-ring (bicyclic) bond motifs is 1. The van der Waals surface area contributed by atoms with Crippen molar-refractivity contribution in [2.75, 3.05) is 0 Å². The Hall–Kier alpha value is -1.97. The van der Waals surface area contributed by atoms with Crippen LogP contribution in [0.15, 0.2) is 35.6 Å². The summed E-state index contributed by atoms with van der Waals surface area (Å²) in [4.78, 5) is 0. The summed E-state index contributed by atoms with van der Waals surface area (Å²) in [7, 11) is 0. The van der Waals surface area contributed by atoms with Gasteiger partial charge in [0.25, 0.3) is 0 Å². The van der Waals surface area contributed by atoms with E-state index in [2.05, 4.69) is 12.1 Å². The lowest BCUT2D eigenvalue weighted by Gasteiger charge is -2.06. The molecule has 0 amide bonds. The molecule has 4 nitrogen and oxygen atoms in total. The van der Waals surface area contributed by atoms with Crippen LogP contribution in [-0.2, 0) is 6.42 Å². The summed E-state index contributed by atoms with van der Waals surface area (Å²) in [5.41, 5.74) is 1.83. The zero-order valence-corrected chi connectivity index (χ0v) is 9.80. The molecule has 0 spiro atoms. The number of aryl methyl sites for hydroxylation is 1. The van der Waals surface area contributed by atoms with Gasteiger partial charge >= 0.3 is 0 Å². The Morgan fingerprint density at radius 3 is 2.82 bits per heavy atom. The first-order chi connectivity index (χ1) is 8.26. The fraction of sp³-hybridized carbons (Fsp3) is 0.308. The molecule has 1 heterocycles. The van der Waals surface area contributed by atoms with Crippen LogP contribution in [0.3, 0.4) is 0 Å². The molecule has 1 aromatic heterocycles. The van der Waals surface area contributed by atoms with Crippen LogP contribution in [0.4, 0.5) is 0 Å². The number of hydrogen-bond acceptors (Lipinski definition) is 3. The fourth-order valence-electron chi connectivity index (χ4n) is 1.92. The van der Waals surface area contributed by atoms with Crippen molar-refractivity contribution in [3.8, 4) is 0 Å². The molecule has 0 aliphatic heterocycles. The Morgan fingerprint density at radius 1 is 1.29 bits per heavy atom. The van der Waals surface area contributed by atoms with Crippen molar-refractivity contribution < 1.29 is 10.4 Å². The molecule has 0 fully saturated rings. The van der Waals surface area contributed by atoms with E-state index in [0.717, 1.165) is 29.4 Å². The van der Waals surface area contributed by atoms with E-state index in [1.807, 2.05) is 18.2 Å². The lowest BCUT2D eigenvalue weighted by atomic mass is 10.1. The second-order valence-electron chi connectivity index (χ2n) is 4.10. The molecule has 0 atom stereocenters. The van der Waals surface area contributed by atoms with Gasteiger partial charge in [0.05, 0.1) is 5.52 Å². The standard InChI is InChI=1S/C13H16N2O2/c1-2-3-4-10-5-6-13-11(9-10)12(14-16)7-8-15(13)17/h5-9,16-17H,2-4H2,1H3/b14-12+. The Bertz CT molecular complexity index is 587. The number of hydrogen-bond donors (Lipinski definition) is 2. The molecule has 90 valence electrons.